The van der Waals surface area contributed by atoms with Crippen molar-refractivity contribution in [1.82, 2.24) is 0 Å². The van der Waals surface area contributed by atoms with Gasteiger partial charge in [0, 0.05) is 19.1 Å². The lowest BCUT2D eigenvalue weighted by atomic mass is 9.72. The van der Waals surface area contributed by atoms with Crippen molar-refractivity contribution in [3.8, 4) is 11.5 Å². The first kappa shape index (κ1) is 21.4. The van der Waals surface area contributed by atoms with Crippen LogP contribution in [0.2, 0.25) is 0 Å². The van der Waals surface area contributed by atoms with Crippen LogP contribution in [0.1, 0.15) is 53.5 Å². The van der Waals surface area contributed by atoms with Gasteiger partial charge in [-0.15, -0.1) is 0 Å². The zero-order chi connectivity index (χ0) is 21.1. The number of nitrogens with zero attached hydrogens (tertiary/aromatic N) is 1. The molecule has 0 bridgehead atoms. The molecular weight excluding hydrogens is 356 g/mol. The molecule has 2 aromatic carbocycles. The zero-order valence-electron chi connectivity index (χ0n) is 17.3. The van der Waals surface area contributed by atoms with Gasteiger partial charge in [0.15, 0.2) is 5.75 Å². The van der Waals surface area contributed by atoms with Crippen LogP contribution in [-0.2, 0) is 10.2 Å². The molecule has 28 heavy (non-hydrogen) atoms. The van der Waals surface area contributed by atoms with Crippen LogP contribution < -0.4 is 10.1 Å². The third-order valence-corrected chi connectivity index (χ3v) is 4.32. The van der Waals surface area contributed by atoms with Crippen LogP contribution in [-0.4, -0.2) is 10.8 Å². The molecule has 1 N–H and O–H groups in total. The Balaban J connectivity index is 2.26. The van der Waals surface area contributed by atoms with E-state index in [0.29, 0.717) is 11.5 Å². The highest BCUT2D eigenvalue weighted by atomic mass is 16.6. The second-order valence-corrected chi connectivity index (χ2v) is 8.87. The highest BCUT2D eigenvalue weighted by molar-refractivity contribution is 5.91. The van der Waals surface area contributed by atoms with Crippen molar-refractivity contribution in [3.05, 3.63) is 58.1 Å². The quantitative estimate of drug-likeness (QED) is 0.485. The number of hydrogen-bond donors (Lipinski definition) is 1. The van der Waals surface area contributed by atoms with Gasteiger partial charge in [-0.1, -0.05) is 46.8 Å². The summed E-state index contributed by atoms with van der Waals surface area (Å²) in [4.78, 5) is 21.9. The van der Waals surface area contributed by atoms with Gasteiger partial charge in [0.1, 0.15) is 5.75 Å². The van der Waals surface area contributed by atoms with E-state index in [1.807, 2.05) is 24.3 Å². The maximum absolute atomic E-state index is 11.4. The molecule has 0 unspecified atom stereocenters. The smallest absolute Gasteiger partial charge is 0.271 e. The van der Waals surface area contributed by atoms with Gasteiger partial charge in [0.05, 0.1) is 10.6 Å². The minimum atomic E-state index is -0.513. The van der Waals surface area contributed by atoms with E-state index in [0.717, 1.165) is 6.42 Å². The van der Waals surface area contributed by atoms with Crippen LogP contribution in [0.3, 0.4) is 0 Å². The molecule has 0 aliphatic carbocycles. The molecule has 0 aliphatic rings. The lowest BCUT2D eigenvalue weighted by Crippen LogP contribution is -2.24. The Hall–Kier alpha value is -2.89. The number of amides is 1. The molecule has 0 aromatic heterocycles. The Kier molecular flexibility index (Phi) is 6.12. The number of non-ortho nitro benzene ring substituents is 1. The van der Waals surface area contributed by atoms with Gasteiger partial charge < -0.3 is 10.1 Å². The normalized spacial score (nSPS) is 11.8. The van der Waals surface area contributed by atoms with Crippen molar-refractivity contribution in [2.45, 2.75) is 53.4 Å². The minimum absolute atomic E-state index is 0.0193. The van der Waals surface area contributed by atoms with Crippen LogP contribution in [0.4, 0.5) is 11.4 Å². The van der Waals surface area contributed by atoms with Gasteiger partial charge in [-0.2, -0.15) is 0 Å². The molecule has 0 atom stereocenters. The number of benzene rings is 2. The molecule has 0 aliphatic heterocycles. The van der Waals surface area contributed by atoms with E-state index >= 15 is 0 Å². The van der Waals surface area contributed by atoms with Crippen molar-refractivity contribution >= 4 is 17.3 Å². The molecule has 6 heteroatoms. The van der Waals surface area contributed by atoms with Gasteiger partial charge in [-0.25, -0.2) is 0 Å². The maximum atomic E-state index is 11.4. The first-order valence-electron chi connectivity index (χ1n) is 9.22. The lowest BCUT2D eigenvalue weighted by Gasteiger charge is -2.33. The zero-order valence-corrected chi connectivity index (χ0v) is 17.3. The number of rotatable bonds is 6. The minimum Gasteiger partial charge on any atom is -0.455 e. The Morgan fingerprint density at radius 3 is 2.18 bits per heavy atom. The largest absolute Gasteiger partial charge is 0.455 e. The number of nitrogens with one attached hydrogen (secondary N) is 1. The summed E-state index contributed by atoms with van der Waals surface area (Å²) in [5.41, 5.74) is 1.59. The first-order chi connectivity index (χ1) is 12.9. The van der Waals surface area contributed by atoms with Gasteiger partial charge in [0.2, 0.25) is 5.91 Å². The van der Waals surface area contributed by atoms with Gasteiger partial charge in [0.25, 0.3) is 5.69 Å². The van der Waals surface area contributed by atoms with Crippen molar-refractivity contribution < 1.29 is 14.5 Å². The van der Waals surface area contributed by atoms with Crippen molar-refractivity contribution in [2.75, 3.05) is 5.32 Å². The van der Waals surface area contributed by atoms with Gasteiger partial charge >= 0.3 is 0 Å². The molecule has 0 radical (unpaired) electrons. The molecule has 0 fully saturated rings. The van der Waals surface area contributed by atoms with E-state index in [1.54, 1.807) is 0 Å². The third kappa shape index (κ3) is 5.81. The predicted molar refractivity (Wildman–Crippen MR) is 111 cm³/mol. The van der Waals surface area contributed by atoms with Crippen LogP contribution in [0.5, 0.6) is 11.5 Å². The third-order valence-electron chi connectivity index (χ3n) is 4.32. The first-order valence-corrected chi connectivity index (χ1v) is 9.22. The number of nitro groups is 1. The van der Waals surface area contributed by atoms with Crippen LogP contribution in [0.15, 0.2) is 42.5 Å². The predicted octanol–water partition coefficient (Wildman–Crippen LogP) is 6.06. The molecule has 1 amide bonds. The van der Waals surface area contributed by atoms with E-state index in [1.165, 1.54) is 30.7 Å². The number of carbonyl (C=O) groups is 1. The Labute approximate surface area is 166 Å². The molecule has 0 spiro atoms. The van der Waals surface area contributed by atoms with E-state index in [2.05, 4.69) is 39.9 Å². The summed E-state index contributed by atoms with van der Waals surface area (Å²) in [5.74, 6) is 0.614. The summed E-state index contributed by atoms with van der Waals surface area (Å²) >= 11 is 0. The van der Waals surface area contributed by atoms with E-state index in [4.69, 9.17) is 4.74 Å². The van der Waals surface area contributed by atoms with Crippen molar-refractivity contribution in [1.29, 1.82) is 0 Å². The molecule has 6 nitrogen and oxygen atoms in total. The second-order valence-electron chi connectivity index (χ2n) is 8.87. The summed E-state index contributed by atoms with van der Waals surface area (Å²) in [6.45, 7) is 12.5. The number of anilines is 1. The standard InChI is InChI=1S/C22H28N2O4/c1-15(25)23-19-13-17(24(26)27)9-12-20(19)28-18-10-7-16(8-11-18)22(5,6)14-21(2,3)4/h7-13H,14H2,1-6H3,(H,23,25). The molecule has 0 saturated carbocycles. The van der Waals surface area contributed by atoms with Crippen LogP contribution in [0, 0.1) is 15.5 Å². The second kappa shape index (κ2) is 8.00. The highest BCUT2D eigenvalue weighted by Gasteiger charge is 2.27. The fraction of sp³-hybridized carbons (Fsp3) is 0.409. The summed E-state index contributed by atoms with van der Waals surface area (Å²) in [5, 5.41) is 13.6. The Morgan fingerprint density at radius 2 is 1.68 bits per heavy atom. The summed E-state index contributed by atoms with van der Waals surface area (Å²) in [7, 11) is 0. The summed E-state index contributed by atoms with van der Waals surface area (Å²) in [6.07, 6.45) is 1.04. The fourth-order valence-electron chi connectivity index (χ4n) is 3.54. The molecule has 0 saturated heterocycles. The molecular formula is C22H28N2O4. The average molecular weight is 384 g/mol. The lowest BCUT2D eigenvalue weighted by molar-refractivity contribution is -0.384. The van der Waals surface area contributed by atoms with Crippen LogP contribution >= 0.6 is 0 Å². The number of nitro benzene ring substituents is 1. The van der Waals surface area contributed by atoms with Crippen molar-refractivity contribution in [2.24, 2.45) is 5.41 Å². The SMILES string of the molecule is CC(=O)Nc1cc([N+](=O)[O-])ccc1Oc1ccc(C(C)(C)CC(C)(C)C)cc1. The molecule has 150 valence electrons. The topological polar surface area (TPSA) is 81.5 Å². The number of carbonyl (C=O) groups excluding carboxylic acids is 1. The maximum Gasteiger partial charge on any atom is 0.271 e. The van der Waals surface area contributed by atoms with E-state index < -0.39 is 4.92 Å². The molecule has 2 aromatic rings. The summed E-state index contributed by atoms with van der Waals surface area (Å²) < 4.78 is 5.88. The van der Waals surface area contributed by atoms with E-state index in [-0.39, 0.29) is 28.1 Å². The highest BCUT2D eigenvalue weighted by Crippen LogP contribution is 2.38. The van der Waals surface area contributed by atoms with Gasteiger partial charge in [-0.3, -0.25) is 14.9 Å². The molecule has 2 rings (SSSR count). The number of hydrogen-bond acceptors (Lipinski definition) is 4. The Bertz CT molecular complexity index is 865. The average Bonchev–Trinajstić information content (AvgIpc) is 2.54. The van der Waals surface area contributed by atoms with Crippen LogP contribution in [0.25, 0.3) is 0 Å². The Morgan fingerprint density at radius 1 is 1.07 bits per heavy atom. The van der Waals surface area contributed by atoms with Gasteiger partial charge in [-0.05, 0) is 41.0 Å². The monoisotopic (exact) mass is 384 g/mol. The van der Waals surface area contributed by atoms with Crippen molar-refractivity contribution in [3.63, 3.8) is 0 Å². The van der Waals surface area contributed by atoms with E-state index in [9.17, 15) is 14.9 Å². The fourth-order valence-corrected chi connectivity index (χ4v) is 3.54. The molecule has 0 heterocycles. The number of ether oxygens (including phenoxy) is 1. The summed E-state index contributed by atoms with van der Waals surface area (Å²) in [6, 6.07) is 11.9.